The summed E-state index contributed by atoms with van der Waals surface area (Å²) in [7, 11) is 0. The first-order chi connectivity index (χ1) is 8.38. The topological polar surface area (TPSA) is 48.1 Å². The molecule has 0 amide bonds. The van der Waals surface area contributed by atoms with Gasteiger partial charge in [0.25, 0.3) is 0 Å². The summed E-state index contributed by atoms with van der Waals surface area (Å²) in [5, 5.41) is 1.98. The molecule has 1 heterocycles. The zero-order valence-corrected chi connectivity index (χ0v) is 11.0. The molecular formula is C12H14N2OS2. The van der Waals surface area contributed by atoms with Crippen LogP contribution in [0.2, 0.25) is 0 Å². The number of hydrogen-bond acceptors (Lipinski definition) is 5. The molecule has 3 nitrogen and oxygen atoms in total. The van der Waals surface area contributed by atoms with Gasteiger partial charge in [-0.2, -0.15) is 0 Å². The number of hydrogen-bond donors (Lipinski definition) is 1. The summed E-state index contributed by atoms with van der Waals surface area (Å²) in [5.74, 6) is 1.79. The zero-order valence-electron chi connectivity index (χ0n) is 9.33. The van der Waals surface area contributed by atoms with Crippen molar-refractivity contribution in [2.45, 2.75) is 10.9 Å². The number of nitrogens with two attached hydrogens (primary N) is 1. The van der Waals surface area contributed by atoms with E-state index in [2.05, 4.69) is 4.98 Å². The normalized spacial score (nSPS) is 10.4. The highest BCUT2D eigenvalue weighted by molar-refractivity contribution is 8.01. The van der Waals surface area contributed by atoms with E-state index in [0.717, 1.165) is 21.4 Å². The lowest BCUT2D eigenvalue weighted by atomic mass is 10.2. The van der Waals surface area contributed by atoms with Gasteiger partial charge in [0, 0.05) is 23.9 Å². The molecule has 0 aliphatic rings. The molecule has 1 aromatic carbocycles. The van der Waals surface area contributed by atoms with Crippen LogP contribution >= 0.6 is 23.1 Å². The Hall–Kier alpha value is -1.04. The van der Waals surface area contributed by atoms with Crippen molar-refractivity contribution in [2.24, 2.45) is 5.73 Å². The third kappa shape index (κ3) is 4.03. The number of nitrogens with zero attached hydrogens (tertiary/aromatic N) is 1. The molecule has 90 valence electrons. The molecule has 2 N–H and O–H groups in total. The molecule has 0 radical (unpaired) electrons. The number of aromatic nitrogens is 1. The van der Waals surface area contributed by atoms with Gasteiger partial charge in [-0.15, -0.1) is 11.3 Å². The Morgan fingerprint density at radius 3 is 3.12 bits per heavy atom. The molecule has 1 aromatic heterocycles. The predicted molar refractivity (Wildman–Crippen MR) is 72.7 cm³/mol. The lowest BCUT2D eigenvalue weighted by Crippen LogP contribution is -2.01. The molecule has 0 fully saturated rings. The van der Waals surface area contributed by atoms with Gasteiger partial charge in [-0.1, -0.05) is 23.9 Å². The maximum atomic E-state index is 5.65. The lowest BCUT2D eigenvalue weighted by molar-refractivity contribution is 0.343. The summed E-state index contributed by atoms with van der Waals surface area (Å²) in [4.78, 5) is 4.20. The minimum atomic E-state index is 0.547. The first-order valence-corrected chi connectivity index (χ1v) is 7.19. The monoisotopic (exact) mass is 266 g/mol. The molecular weight excluding hydrogens is 252 g/mol. The second kappa shape index (κ2) is 6.64. The van der Waals surface area contributed by atoms with Crippen molar-refractivity contribution in [3.63, 3.8) is 0 Å². The van der Waals surface area contributed by atoms with Crippen molar-refractivity contribution in [3.8, 4) is 5.75 Å². The maximum absolute atomic E-state index is 5.65. The molecule has 0 aliphatic heterocycles. The minimum Gasteiger partial charge on any atom is -0.493 e. The van der Waals surface area contributed by atoms with Crippen LogP contribution in [0.4, 0.5) is 0 Å². The predicted octanol–water partition coefficient (Wildman–Crippen LogP) is 2.77. The summed E-state index contributed by atoms with van der Waals surface area (Å²) in [6.07, 6.45) is 1.82. The average molecular weight is 266 g/mol. The van der Waals surface area contributed by atoms with E-state index in [4.69, 9.17) is 10.5 Å². The fraction of sp³-hybridized carbons (Fsp3) is 0.250. The Balaban J connectivity index is 1.74. The average Bonchev–Trinajstić information content (AvgIpc) is 2.88. The van der Waals surface area contributed by atoms with E-state index in [1.165, 1.54) is 0 Å². The Morgan fingerprint density at radius 2 is 2.35 bits per heavy atom. The van der Waals surface area contributed by atoms with Crippen molar-refractivity contribution < 1.29 is 4.74 Å². The van der Waals surface area contributed by atoms with Crippen LogP contribution in [0, 0.1) is 0 Å². The van der Waals surface area contributed by atoms with Crippen LogP contribution in [-0.4, -0.2) is 17.3 Å². The molecule has 17 heavy (non-hydrogen) atoms. The third-order valence-corrected chi connectivity index (χ3v) is 4.05. The van der Waals surface area contributed by atoms with Gasteiger partial charge in [-0.05, 0) is 17.7 Å². The van der Waals surface area contributed by atoms with E-state index in [-0.39, 0.29) is 0 Å². The Morgan fingerprint density at radius 1 is 1.41 bits per heavy atom. The largest absolute Gasteiger partial charge is 0.493 e. The molecule has 2 aromatic rings. The van der Waals surface area contributed by atoms with Crippen LogP contribution in [0.15, 0.2) is 40.2 Å². The van der Waals surface area contributed by atoms with E-state index >= 15 is 0 Å². The number of thioether (sulfide) groups is 1. The molecule has 0 atom stereocenters. The van der Waals surface area contributed by atoms with E-state index in [9.17, 15) is 0 Å². The highest BCUT2D eigenvalue weighted by Crippen LogP contribution is 2.20. The summed E-state index contributed by atoms with van der Waals surface area (Å²) in [6, 6.07) is 7.89. The molecule has 0 saturated heterocycles. The highest BCUT2D eigenvalue weighted by Gasteiger charge is 1.98. The first-order valence-electron chi connectivity index (χ1n) is 5.32. The number of benzene rings is 1. The second-order valence-electron chi connectivity index (χ2n) is 3.35. The van der Waals surface area contributed by atoms with Crippen LogP contribution in [0.5, 0.6) is 5.75 Å². The fourth-order valence-corrected chi connectivity index (χ4v) is 2.86. The lowest BCUT2D eigenvalue weighted by Gasteiger charge is -2.06. The van der Waals surface area contributed by atoms with Crippen LogP contribution in [0.3, 0.4) is 0 Å². The molecule has 0 bridgehead atoms. The molecule has 0 saturated carbocycles. The molecule has 2 rings (SSSR count). The second-order valence-corrected chi connectivity index (χ2v) is 5.58. The van der Waals surface area contributed by atoms with Gasteiger partial charge in [-0.3, -0.25) is 0 Å². The van der Waals surface area contributed by atoms with Crippen molar-refractivity contribution in [2.75, 3.05) is 12.4 Å². The van der Waals surface area contributed by atoms with Crippen LogP contribution in [0.25, 0.3) is 0 Å². The van der Waals surface area contributed by atoms with Crippen molar-refractivity contribution in [1.29, 1.82) is 0 Å². The minimum absolute atomic E-state index is 0.547. The number of ether oxygens (including phenoxy) is 1. The van der Waals surface area contributed by atoms with E-state index in [0.29, 0.717) is 13.2 Å². The van der Waals surface area contributed by atoms with Crippen LogP contribution in [-0.2, 0) is 6.54 Å². The molecule has 0 aliphatic carbocycles. The van der Waals surface area contributed by atoms with Gasteiger partial charge in [0.1, 0.15) is 10.1 Å². The van der Waals surface area contributed by atoms with Crippen molar-refractivity contribution >= 4 is 23.1 Å². The van der Waals surface area contributed by atoms with Gasteiger partial charge in [0.15, 0.2) is 0 Å². The highest BCUT2D eigenvalue weighted by atomic mass is 32.2. The van der Waals surface area contributed by atoms with Gasteiger partial charge in [0.05, 0.1) is 6.61 Å². The van der Waals surface area contributed by atoms with Crippen molar-refractivity contribution in [3.05, 3.63) is 41.4 Å². The Bertz CT molecular complexity index is 446. The molecule has 5 heteroatoms. The SMILES string of the molecule is NCc1cccc(OCCSc2nccs2)c1. The summed E-state index contributed by atoms with van der Waals surface area (Å²) in [5.41, 5.74) is 6.66. The van der Waals surface area contributed by atoms with Gasteiger partial charge in [-0.25, -0.2) is 4.98 Å². The summed E-state index contributed by atoms with van der Waals surface area (Å²) in [6.45, 7) is 1.23. The molecule has 0 unspecified atom stereocenters. The smallest absolute Gasteiger partial charge is 0.149 e. The number of rotatable bonds is 6. The summed E-state index contributed by atoms with van der Waals surface area (Å²) >= 11 is 3.37. The number of thiazole rings is 1. The maximum Gasteiger partial charge on any atom is 0.149 e. The quantitative estimate of drug-likeness (QED) is 0.645. The molecule has 0 spiro atoms. The Kier molecular flexibility index (Phi) is 4.85. The third-order valence-electron chi connectivity index (χ3n) is 2.12. The zero-order chi connectivity index (χ0) is 11.9. The van der Waals surface area contributed by atoms with E-state index in [1.807, 2.05) is 35.8 Å². The first kappa shape index (κ1) is 12.4. The summed E-state index contributed by atoms with van der Waals surface area (Å²) < 4.78 is 6.73. The van der Waals surface area contributed by atoms with Gasteiger partial charge in [0.2, 0.25) is 0 Å². The fourth-order valence-electron chi connectivity index (χ4n) is 1.33. The van der Waals surface area contributed by atoms with Crippen LogP contribution < -0.4 is 10.5 Å². The van der Waals surface area contributed by atoms with Gasteiger partial charge < -0.3 is 10.5 Å². The standard InChI is InChI=1S/C12H14N2OS2/c13-9-10-2-1-3-11(8-10)15-5-7-17-12-14-4-6-16-12/h1-4,6,8H,5,7,9,13H2. The Labute approximate surface area is 109 Å². The van der Waals surface area contributed by atoms with Gasteiger partial charge >= 0.3 is 0 Å². The van der Waals surface area contributed by atoms with E-state index in [1.54, 1.807) is 23.1 Å². The van der Waals surface area contributed by atoms with Crippen molar-refractivity contribution in [1.82, 2.24) is 4.98 Å². The van der Waals surface area contributed by atoms with Crippen LogP contribution in [0.1, 0.15) is 5.56 Å². The van der Waals surface area contributed by atoms with E-state index < -0.39 is 0 Å².